The molecule has 0 radical (unpaired) electrons. The highest BCUT2D eigenvalue weighted by atomic mass is 35.5. The van der Waals surface area contributed by atoms with Crippen LogP contribution in [0.25, 0.3) is 0 Å². The number of hydrogen-bond donors (Lipinski definition) is 2. The van der Waals surface area contributed by atoms with E-state index in [-0.39, 0.29) is 0 Å². The van der Waals surface area contributed by atoms with Crippen LogP contribution in [0, 0.1) is 0 Å². The van der Waals surface area contributed by atoms with Crippen LogP contribution in [-0.2, 0) is 14.8 Å². The molecule has 24 heavy (non-hydrogen) atoms. The lowest BCUT2D eigenvalue weighted by atomic mass is 9.97. The molecular weight excluding hydrogens is 352 g/mol. The van der Waals surface area contributed by atoms with Crippen LogP contribution in [0.1, 0.15) is 25.7 Å². The molecule has 1 saturated heterocycles. The van der Waals surface area contributed by atoms with Crippen LogP contribution >= 0.6 is 11.6 Å². The summed E-state index contributed by atoms with van der Waals surface area (Å²) in [5.74, 6) is 0. The second-order valence-electron chi connectivity index (χ2n) is 6.30. The SMILES string of the molecule is O=S(=O)(Nc1cc(Cl)ccc1N1CCOCC1)C1CCCCC1O. The topological polar surface area (TPSA) is 78.9 Å². The number of aliphatic hydroxyl groups is 1. The molecular formula is C16H23ClN2O4S. The average molecular weight is 375 g/mol. The Morgan fingerprint density at radius 3 is 2.62 bits per heavy atom. The van der Waals surface area contributed by atoms with E-state index in [0.717, 1.165) is 18.5 Å². The normalized spacial score (nSPS) is 25.5. The average Bonchev–Trinajstić information content (AvgIpc) is 2.55. The van der Waals surface area contributed by atoms with Gasteiger partial charge in [0.15, 0.2) is 0 Å². The van der Waals surface area contributed by atoms with Crippen molar-refractivity contribution < 1.29 is 18.3 Å². The summed E-state index contributed by atoms with van der Waals surface area (Å²) in [6, 6.07) is 5.20. The molecule has 1 heterocycles. The molecule has 1 aromatic carbocycles. The van der Waals surface area contributed by atoms with Crippen LogP contribution in [0.4, 0.5) is 11.4 Å². The maximum Gasteiger partial charge on any atom is 0.238 e. The lowest BCUT2D eigenvalue weighted by Crippen LogP contribution is -2.41. The van der Waals surface area contributed by atoms with Gasteiger partial charge in [0.25, 0.3) is 0 Å². The zero-order chi connectivity index (χ0) is 17.2. The number of sulfonamides is 1. The van der Waals surface area contributed by atoms with Gasteiger partial charge in [-0.1, -0.05) is 24.4 Å². The molecule has 1 saturated carbocycles. The van der Waals surface area contributed by atoms with Crippen molar-refractivity contribution in [3.63, 3.8) is 0 Å². The summed E-state index contributed by atoms with van der Waals surface area (Å²) >= 11 is 6.07. The summed E-state index contributed by atoms with van der Waals surface area (Å²) in [5, 5.41) is 9.77. The second-order valence-corrected chi connectivity index (χ2v) is 8.63. The molecule has 0 spiro atoms. The quantitative estimate of drug-likeness (QED) is 0.844. The Morgan fingerprint density at radius 1 is 1.21 bits per heavy atom. The van der Waals surface area contributed by atoms with Gasteiger partial charge < -0.3 is 14.7 Å². The van der Waals surface area contributed by atoms with Crippen LogP contribution in [0.15, 0.2) is 18.2 Å². The number of nitrogens with zero attached hydrogens (tertiary/aromatic N) is 1. The van der Waals surface area contributed by atoms with Crippen molar-refractivity contribution in [2.45, 2.75) is 37.0 Å². The number of nitrogens with one attached hydrogen (secondary N) is 1. The smallest absolute Gasteiger partial charge is 0.238 e. The lowest BCUT2D eigenvalue weighted by Gasteiger charge is -2.32. The Bertz CT molecular complexity index is 677. The number of aliphatic hydroxyl groups excluding tert-OH is 1. The molecule has 2 fully saturated rings. The zero-order valence-corrected chi connectivity index (χ0v) is 15.0. The minimum atomic E-state index is -3.68. The van der Waals surface area contributed by atoms with Crippen molar-refractivity contribution in [2.75, 3.05) is 35.9 Å². The number of morpholine rings is 1. The van der Waals surface area contributed by atoms with Gasteiger partial charge in [0.05, 0.1) is 30.7 Å². The van der Waals surface area contributed by atoms with Gasteiger partial charge in [-0.25, -0.2) is 8.42 Å². The molecule has 2 aliphatic rings. The molecule has 1 aliphatic carbocycles. The second kappa shape index (κ2) is 7.47. The third-order valence-corrected chi connectivity index (χ3v) is 6.72. The molecule has 0 bridgehead atoms. The molecule has 2 atom stereocenters. The highest BCUT2D eigenvalue weighted by Crippen LogP contribution is 2.33. The van der Waals surface area contributed by atoms with Gasteiger partial charge >= 0.3 is 0 Å². The lowest BCUT2D eigenvalue weighted by molar-refractivity contribution is 0.123. The predicted molar refractivity (Wildman–Crippen MR) is 95.3 cm³/mol. The number of halogens is 1. The van der Waals surface area contributed by atoms with E-state index in [0.29, 0.717) is 49.9 Å². The Hall–Kier alpha value is -1.02. The summed E-state index contributed by atoms with van der Waals surface area (Å²) in [6.45, 7) is 2.61. The van der Waals surface area contributed by atoms with Crippen molar-refractivity contribution in [3.8, 4) is 0 Å². The Morgan fingerprint density at radius 2 is 1.92 bits per heavy atom. The van der Waals surface area contributed by atoms with Gasteiger partial charge in [0, 0.05) is 18.1 Å². The van der Waals surface area contributed by atoms with Crippen molar-refractivity contribution in [1.82, 2.24) is 0 Å². The van der Waals surface area contributed by atoms with E-state index in [9.17, 15) is 13.5 Å². The van der Waals surface area contributed by atoms with E-state index in [1.807, 2.05) is 6.07 Å². The predicted octanol–water partition coefficient (Wildman–Crippen LogP) is 2.22. The number of hydrogen-bond acceptors (Lipinski definition) is 5. The number of benzene rings is 1. The molecule has 1 aromatic rings. The first-order valence-electron chi connectivity index (χ1n) is 8.29. The Labute approximate surface area is 147 Å². The van der Waals surface area contributed by atoms with E-state index in [1.54, 1.807) is 12.1 Å². The standard InChI is InChI=1S/C16H23ClN2O4S/c17-12-5-6-14(19-7-9-23-10-8-19)13(11-12)18-24(21,22)16-4-2-1-3-15(16)20/h5-6,11,15-16,18,20H,1-4,7-10H2. The minimum absolute atomic E-state index is 0.460. The van der Waals surface area contributed by atoms with Gasteiger partial charge in [-0.05, 0) is 31.0 Å². The molecule has 0 amide bonds. The van der Waals surface area contributed by atoms with E-state index in [1.165, 1.54) is 0 Å². The molecule has 2 N–H and O–H groups in total. The largest absolute Gasteiger partial charge is 0.392 e. The van der Waals surface area contributed by atoms with Crippen molar-refractivity contribution >= 4 is 33.0 Å². The summed E-state index contributed by atoms with van der Waals surface area (Å²) in [6.07, 6.45) is 1.86. The van der Waals surface area contributed by atoms with Gasteiger partial charge in [0.1, 0.15) is 5.25 Å². The van der Waals surface area contributed by atoms with Crippen LogP contribution in [-0.4, -0.2) is 51.2 Å². The zero-order valence-electron chi connectivity index (χ0n) is 13.4. The fraction of sp³-hybridized carbons (Fsp3) is 0.625. The molecule has 1 aliphatic heterocycles. The molecule has 134 valence electrons. The highest BCUT2D eigenvalue weighted by molar-refractivity contribution is 7.93. The molecule has 0 aromatic heterocycles. The maximum absolute atomic E-state index is 12.8. The summed E-state index contributed by atoms with van der Waals surface area (Å²) in [7, 11) is -3.68. The fourth-order valence-electron chi connectivity index (χ4n) is 3.34. The Kier molecular flexibility index (Phi) is 5.54. The first kappa shape index (κ1) is 17.8. The highest BCUT2D eigenvalue weighted by Gasteiger charge is 2.35. The van der Waals surface area contributed by atoms with E-state index < -0.39 is 21.4 Å². The number of ether oxygens (including phenoxy) is 1. The van der Waals surface area contributed by atoms with Crippen LogP contribution < -0.4 is 9.62 Å². The van der Waals surface area contributed by atoms with E-state index in [2.05, 4.69) is 9.62 Å². The first-order valence-corrected chi connectivity index (χ1v) is 10.2. The third kappa shape index (κ3) is 3.96. The number of anilines is 2. The van der Waals surface area contributed by atoms with Crippen LogP contribution in [0.3, 0.4) is 0 Å². The number of rotatable bonds is 4. The minimum Gasteiger partial charge on any atom is -0.392 e. The summed E-state index contributed by atoms with van der Waals surface area (Å²) in [5.41, 5.74) is 1.25. The summed E-state index contributed by atoms with van der Waals surface area (Å²) < 4.78 is 33.5. The van der Waals surface area contributed by atoms with E-state index >= 15 is 0 Å². The Balaban J connectivity index is 1.86. The molecule has 3 rings (SSSR count). The van der Waals surface area contributed by atoms with Gasteiger partial charge in [-0.3, -0.25) is 4.72 Å². The van der Waals surface area contributed by atoms with Crippen LogP contribution in [0.2, 0.25) is 5.02 Å². The molecule has 6 nitrogen and oxygen atoms in total. The monoisotopic (exact) mass is 374 g/mol. The van der Waals surface area contributed by atoms with Gasteiger partial charge in [-0.15, -0.1) is 0 Å². The molecule has 8 heteroatoms. The molecule has 2 unspecified atom stereocenters. The van der Waals surface area contributed by atoms with Gasteiger partial charge in [0.2, 0.25) is 10.0 Å². The fourth-order valence-corrected chi connectivity index (χ4v) is 5.16. The summed E-state index contributed by atoms with van der Waals surface area (Å²) in [4.78, 5) is 2.08. The van der Waals surface area contributed by atoms with Crippen molar-refractivity contribution in [1.29, 1.82) is 0 Å². The van der Waals surface area contributed by atoms with Crippen molar-refractivity contribution in [2.24, 2.45) is 0 Å². The maximum atomic E-state index is 12.8. The van der Waals surface area contributed by atoms with Crippen LogP contribution in [0.5, 0.6) is 0 Å². The van der Waals surface area contributed by atoms with E-state index in [4.69, 9.17) is 16.3 Å². The van der Waals surface area contributed by atoms with Crippen molar-refractivity contribution in [3.05, 3.63) is 23.2 Å². The van der Waals surface area contributed by atoms with Gasteiger partial charge in [-0.2, -0.15) is 0 Å². The third-order valence-electron chi connectivity index (χ3n) is 4.63. The first-order chi connectivity index (χ1) is 11.5.